The zero-order valence-electron chi connectivity index (χ0n) is 14.4. The fourth-order valence-corrected chi connectivity index (χ4v) is 3.24. The summed E-state index contributed by atoms with van der Waals surface area (Å²) in [4.78, 5) is 0.0489. The largest absolute Gasteiger partial charge is 0.455 e. The first kappa shape index (κ1) is 19.5. The van der Waals surface area contributed by atoms with Crippen molar-refractivity contribution in [1.29, 1.82) is 0 Å². The summed E-state index contributed by atoms with van der Waals surface area (Å²) in [5.74, 6) is 1.10. The van der Waals surface area contributed by atoms with Crippen molar-refractivity contribution >= 4 is 33.6 Å². The second-order valence-corrected chi connectivity index (χ2v) is 7.96. The van der Waals surface area contributed by atoms with E-state index in [4.69, 9.17) is 26.5 Å². The third-order valence-electron chi connectivity index (χ3n) is 3.97. The van der Waals surface area contributed by atoms with Crippen LogP contribution in [-0.4, -0.2) is 39.0 Å². The molecule has 1 saturated heterocycles. The number of furan rings is 1. The van der Waals surface area contributed by atoms with Crippen molar-refractivity contribution in [3.05, 3.63) is 42.2 Å². The number of ether oxygens (including phenoxy) is 1. The van der Waals surface area contributed by atoms with Gasteiger partial charge in [0.2, 0.25) is 10.0 Å². The predicted molar refractivity (Wildman–Crippen MR) is 106 cm³/mol. The van der Waals surface area contributed by atoms with Crippen LogP contribution in [0.3, 0.4) is 0 Å². The summed E-state index contributed by atoms with van der Waals surface area (Å²) in [6.07, 6.45) is 3.81. The van der Waals surface area contributed by atoms with E-state index in [1.165, 1.54) is 18.3 Å². The van der Waals surface area contributed by atoms with E-state index in [2.05, 4.69) is 15.8 Å². The molecule has 10 heteroatoms. The smallest absolute Gasteiger partial charge is 0.238 e. The summed E-state index contributed by atoms with van der Waals surface area (Å²) in [5.41, 5.74) is 3.45. The van der Waals surface area contributed by atoms with Gasteiger partial charge >= 0.3 is 0 Å². The van der Waals surface area contributed by atoms with Crippen LogP contribution in [0, 0.1) is 0 Å². The summed E-state index contributed by atoms with van der Waals surface area (Å²) < 4.78 is 33.7. The molecule has 0 bridgehead atoms. The standard InChI is InChI=1S/C17H20N4O4S2/c18-27(22,23)15-6-3-12(4-7-15)16-8-5-14(25-16)11-20-21-17(26)19-10-13-2-1-9-24-13/h3-8,11,13H,1-2,9-10H2,(H2,18,22,23)(H2,19,21,26)/b20-11-/t13-/m0/s1. The number of rotatable bonds is 6. The SMILES string of the molecule is NS(=O)(=O)c1ccc(-c2ccc(/C=N\NC(=S)NC[C@@H]3CCCO3)o2)cc1. The van der Waals surface area contributed by atoms with Crippen molar-refractivity contribution in [2.45, 2.75) is 23.8 Å². The molecule has 3 rings (SSSR count). The number of nitrogens with two attached hydrogens (primary N) is 1. The zero-order chi connectivity index (χ0) is 19.3. The maximum atomic E-state index is 11.3. The van der Waals surface area contributed by atoms with Crippen molar-refractivity contribution in [1.82, 2.24) is 10.7 Å². The minimum Gasteiger partial charge on any atom is -0.455 e. The van der Waals surface area contributed by atoms with Crippen LogP contribution >= 0.6 is 12.2 Å². The number of hydrogen-bond donors (Lipinski definition) is 3. The number of benzene rings is 1. The van der Waals surface area contributed by atoms with Crippen LogP contribution in [0.25, 0.3) is 11.3 Å². The quantitative estimate of drug-likeness (QED) is 0.377. The highest BCUT2D eigenvalue weighted by molar-refractivity contribution is 7.89. The van der Waals surface area contributed by atoms with Crippen LogP contribution < -0.4 is 15.9 Å². The molecule has 0 unspecified atom stereocenters. The molecule has 144 valence electrons. The molecule has 2 heterocycles. The molecular formula is C17H20N4O4S2. The molecule has 0 radical (unpaired) electrons. The van der Waals surface area contributed by atoms with E-state index in [1.807, 2.05) is 0 Å². The van der Waals surface area contributed by atoms with Gasteiger partial charge in [0.1, 0.15) is 11.5 Å². The molecule has 4 N–H and O–H groups in total. The summed E-state index contributed by atoms with van der Waals surface area (Å²) in [6, 6.07) is 9.63. The molecule has 0 spiro atoms. The number of sulfonamides is 1. The maximum Gasteiger partial charge on any atom is 0.238 e. The Labute approximate surface area is 162 Å². The van der Waals surface area contributed by atoms with E-state index >= 15 is 0 Å². The van der Waals surface area contributed by atoms with Gasteiger partial charge in [-0.3, -0.25) is 5.43 Å². The molecule has 8 nitrogen and oxygen atoms in total. The second kappa shape index (κ2) is 8.61. The third-order valence-corrected chi connectivity index (χ3v) is 5.13. The Bertz CT molecular complexity index is 917. The summed E-state index contributed by atoms with van der Waals surface area (Å²) >= 11 is 5.15. The summed E-state index contributed by atoms with van der Waals surface area (Å²) in [5, 5.41) is 12.6. The maximum absolute atomic E-state index is 11.3. The molecule has 0 aliphatic carbocycles. The van der Waals surface area contributed by atoms with Gasteiger partial charge in [-0.1, -0.05) is 0 Å². The Morgan fingerprint density at radius 2 is 2.07 bits per heavy atom. The van der Waals surface area contributed by atoms with Crippen molar-refractivity contribution in [2.75, 3.05) is 13.2 Å². The Kier molecular flexibility index (Phi) is 6.22. The second-order valence-electron chi connectivity index (χ2n) is 5.99. The van der Waals surface area contributed by atoms with Crippen molar-refractivity contribution in [3.8, 4) is 11.3 Å². The normalized spacial score (nSPS) is 17.3. The van der Waals surface area contributed by atoms with E-state index < -0.39 is 10.0 Å². The number of hydrogen-bond acceptors (Lipinski definition) is 6. The minimum absolute atomic E-state index is 0.0489. The van der Waals surface area contributed by atoms with Gasteiger partial charge in [0, 0.05) is 18.7 Å². The van der Waals surface area contributed by atoms with Crippen molar-refractivity contribution < 1.29 is 17.6 Å². The molecule has 0 saturated carbocycles. The molecule has 1 aromatic heterocycles. The summed E-state index contributed by atoms with van der Waals surface area (Å²) in [7, 11) is -3.71. The molecule has 1 aliphatic heterocycles. The number of nitrogens with one attached hydrogen (secondary N) is 2. The molecule has 1 fully saturated rings. The van der Waals surface area contributed by atoms with Gasteiger partial charge in [-0.2, -0.15) is 5.10 Å². The molecule has 1 atom stereocenters. The van der Waals surface area contributed by atoms with Crippen LogP contribution in [0.1, 0.15) is 18.6 Å². The highest BCUT2D eigenvalue weighted by atomic mass is 32.2. The highest BCUT2D eigenvalue weighted by Crippen LogP contribution is 2.22. The van der Waals surface area contributed by atoms with Gasteiger partial charge in [0.25, 0.3) is 0 Å². The minimum atomic E-state index is -3.71. The Hall–Kier alpha value is -2.27. The van der Waals surface area contributed by atoms with Gasteiger partial charge < -0.3 is 14.5 Å². The fourth-order valence-electron chi connectivity index (χ4n) is 2.59. The molecule has 2 aromatic rings. The number of thiocarbonyl (C=S) groups is 1. The lowest BCUT2D eigenvalue weighted by atomic mass is 10.2. The number of primary sulfonamides is 1. The number of hydrazone groups is 1. The third kappa shape index (κ3) is 5.60. The van der Waals surface area contributed by atoms with Gasteiger partial charge in [-0.25, -0.2) is 13.6 Å². The first-order chi connectivity index (χ1) is 12.9. The lowest BCUT2D eigenvalue weighted by Gasteiger charge is -2.11. The van der Waals surface area contributed by atoms with Crippen molar-refractivity contribution in [3.63, 3.8) is 0 Å². The van der Waals surface area contributed by atoms with Gasteiger partial charge in [-0.15, -0.1) is 0 Å². The highest BCUT2D eigenvalue weighted by Gasteiger charge is 2.15. The van der Waals surface area contributed by atoms with Crippen LogP contribution in [0.5, 0.6) is 0 Å². The van der Waals surface area contributed by atoms with Gasteiger partial charge in [0.15, 0.2) is 5.11 Å². The first-order valence-electron chi connectivity index (χ1n) is 8.33. The fraction of sp³-hybridized carbons (Fsp3) is 0.294. The predicted octanol–water partition coefficient (Wildman–Crippen LogP) is 1.57. The van der Waals surface area contributed by atoms with Crippen LogP contribution in [-0.2, 0) is 14.8 Å². The lowest BCUT2D eigenvalue weighted by Crippen LogP contribution is -2.37. The molecule has 27 heavy (non-hydrogen) atoms. The van der Waals surface area contributed by atoms with E-state index in [1.54, 1.807) is 24.3 Å². The Morgan fingerprint density at radius 1 is 1.30 bits per heavy atom. The van der Waals surface area contributed by atoms with Crippen molar-refractivity contribution in [2.24, 2.45) is 10.2 Å². The topological polar surface area (TPSA) is 119 Å². The van der Waals surface area contributed by atoms with Gasteiger partial charge in [0.05, 0.1) is 17.2 Å². The van der Waals surface area contributed by atoms with Gasteiger partial charge in [-0.05, 0) is 61.5 Å². The van der Waals surface area contributed by atoms with Crippen LogP contribution in [0.15, 0.2) is 50.8 Å². The van der Waals surface area contributed by atoms with Crippen LogP contribution in [0.2, 0.25) is 0 Å². The molecule has 1 aliphatic rings. The van der Waals surface area contributed by atoms with E-state index in [0.717, 1.165) is 25.0 Å². The monoisotopic (exact) mass is 408 g/mol. The Morgan fingerprint density at radius 3 is 2.74 bits per heavy atom. The number of nitrogens with zero attached hydrogens (tertiary/aromatic N) is 1. The summed E-state index contributed by atoms with van der Waals surface area (Å²) in [6.45, 7) is 1.46. The Balaban J connectivity index is 1.52. The van der Waals surface area contributed by atoms with E-state index in [0.29, 0.717) is 23.2 Å². The van der Waals surface area contributed by atoms with E-state index in [9.17, 15) is 8.42 Å². The lowest BCUT2D eigenvalue weighted by molar-refractivity contribution is 0.114. The van der Waals surface area contributed by atoms with Crippen LogP contribution in [0.4, 0.5) is 0 Å². The molecule has 0 amide bonds. The van der Waals surface area contributed by atoms with E-state index in [-0.39, 0.29) is 11.0 Å². The average molecular weight is 409 g/mol. The first-order valence-corrected chi connectivity index (χ1v) is 10.3. The zero-order valence-corrected chi connectivity index (χ0v) is 16.1. The molecule has 1 aromatic carbocycles. The molecular weight excluding hydrogens is 388 g/mol. The average Bonchev–Trinajstić information content (AvgIpc) is 3.31.